The van der Waals surface area contributed by atoms with E-state index in [4.69, 9.17) is 4.74 Å². The highest BCUT2D eigenvalue weighted by atomic mass is 16.6. The summed E-state index contributed by atoms with van der Waals surface area (Å²) in [6.07, 6.45) is 1.44. The molecule has 0 spiro atoms. The van der Waals surface area contributed by atoms with Crippen molar-refractivity contribution in [3.8, 4) is 0 Å². The topological polar surface area (TPSA) is 75.8 Å². The number of ether oxygens (including phenoxy) is 1. The summed E-state index contributed by atoms with van der Waals surface area (Å²) in [5.41, 5.74) is 0.619. The van der Waals surface area contributed by atoms with Crippen molar-refractivity contribution in [2.45, 2.75) is 18.9 Å². The molecule has 116 valence electrons. The van der Waals surface area contributed by atoms with Crippen molar-refractivity contribution in [1.29, 1.82) is 0 Å². The average molecular weight is 294 g/mol. The highest BCUT2D eigenvalue weighted by Gasteiger charge is 2.22. The van der Waals surface area contributed by atoms with Gasteiger partial charge in [-0.25, -0.2) is 0 Å². The highest BCUT2D eigenvalue weighted by Crippen LogP contribution is 2.23. The summed E-state index contributed by atoms with van der Waals surface area (Å²) in [4.78, 5) is 12.5. The highest BCUT2D eigenvalue weighted by molar-refractivity contribution is 5.35. The van der Waals surface area contributed by atoms with Gasteiger partial charge in [-0.2, -0.15) is 0 Å². The van der Waals surface area contributed by atoms with E-state index in [2.05, 4.69) is 4.90 Å². The van der Waals surface area contributed by atoms with Crippen LogP contribution in [0.15, 0.2) is 24.3 Å². The summed E-state index contributed by atoms with van der Waals surface area (Å²) in [7, 11) is 1.72. The first-order valence-corrected chi connectivity index (χ1v) is 7.24. The summed E-state index contributed by atoms with van der Waals surface area (Å²) in [5.74, 6) is 0.598. The molecule has 2 rings (SSSR count). The second kappa shape index (κ2) is 7.49. The van der Waals surface area contributed by atoms with Crippen LogP contribution >= 0.6 is 0 Å². The van der Waals surface area contributed by atoms with Crippen molar-refractivity contribution in [2.75, 3.05) is 33.4 Å². The maximum atomic E-state index is 10.8. The molecule has 0 radical (unpaired) electrons. The predicted molar refractivity (Wildman–Crippen MR) is 79.1 cm³/mol. The number of piperidine rings is 1. The number of benzene rings is 1. The van der Waals surface area contributed by atoms with Crippen LogP contribution in [0.4, 0.5) is 5.69 Å². The Morgan fingerprint density at radius 3 is 2.81 bits per heavy atom. The Bertz CT molecular complexity index is 472. The van der Waals surface area contributed by atoms with Gasteiger partial charge in [0, 0.05) is 32.4 Å². The number of nitro benzene ring substituents is 1. The molecule has 21 heavy (non-hydrogen) atoms. The van der Waals surface area contributed by atoms with Crippen molar-refractivity contribution in [2.24, 2.45) is 5.92 Å². The van der Waals surface area contributed by atoms with Crippen LogP contribution < -0.4 is 0 Å². The number of hydrogen-bond acceptors (Lipinski definition) is 5. The van der Waals surface area contributed by atoms with Crippen LogP contribution in [0.5, 0.6) is 0 Å². The van der Waals surface area contributed by atoms with Crippen LogP contribution in [-0.2, 0) is 4.74 Å². The van der Waals surface area contributed by atoms with Crippen molar-refractivity contribution >= 4 is 5.69 Å². The van der Waals surface area contributed by atoms with Gasteiger partial charge in [-0.15, -0.1) is 0 Å². The molecule has 0 aromatic heterocycles. The molecule has 1 fully saturated rings. The number of aliphatic hydroxyl groups excluding tert-OH is 1. The minimum Gasteiger partial charge on any atom is -0.387 e. The maximum Gasteiger partial charge on any atom is 0.269 e. The predicted octanol–water partition coefficient (Wildman–Crippen LogP) is 1.99. The largest absolute Gasteiger partial charge is 0.387 e. The van der Waals surface area contributed by atoms with Crippen molar-refractivity contribution < 1.29 is 14.8 Å². The van der Waals surface area contributed by atoms with Crippen LogP contribution in [0.2, 0.25) is 0 Å². The summed E-state index contributed by atoms with van der Waals surface area (Å²) < 4.78 is 5.17. The third-order valence-corrected chi connectivity index (χ3v) is 4.01. The first kappa shape index (κ1) is 15.9. The Hall–Kier alpha value is -1.50. The van der Waals surface area contributed by atoms with Gasteiger partial charge in [0.05, 0.1) is 11.0 Å². The number of likely N-dealkylation sites (tertiary alicyclic amines) is 1. The van der Waals surface area contributed by atoms with E-state index in [1.54, 1.807) is 19.2 Å². The van der Waals surface area contributed by atoms with Crippen molar-refractivity contribution in [3.63, 3.8) is 0 Å². The lowest BCUT2D eigenvalue weighted by Crippen LogP contribution is -2.37. The molecule has 1 unspecified atom stereocenters. The molecule has 1 aliphatic rings. The number of nitrogens with zero attached hydrogens (tertiary/aromatic N) is 2. The van der Waals surface area contributed by atoms with Gasteiger partial charge < -0.3 is 14.7 Å². The van der Waals surface area contributed by atoms with Crippen molar-refractivity contribution in [1.82, 2.24) is 4.90 Å². The minimum atomic E-state index is -0.691. The zero-order valence-electron chi connectivity index (χ0n) is 12.3. The lowest BCUT2D eigenvalue weighted by atomic mass is 9.97. The SMILES string of the molecule is COCC1CCN(CC(O)c2cccc([N+](=O)[O-])c2)CC1. The maximum absolute atomic E-state index is 10.8. The Kier molecular flexibility index (Phi) is 5.67. The monoisotopic (exact) mass is 294 g/mol. The third-order valence-electron chi connectivity index (χ3n) is 4.01. The zero-order chi connectivity index (χ0) is 15.2. The van der Waals surface area contributed by atoms with Gasteiger partial charge in [0.25, 0.3) is 5.69 Å². The number of nitro groups is 1. The van der Waals surface area contributed by atoms with Gasteiger partial charge in [-0.1, -0.05) is 12.1 Å². The first-order valence-electron chi connectivity index (χ1n) is 7.24. The van der Waals surface area contributed by atoms with Crippen LogP contribution in [-0.4, -0.2) is 48.3 Å². The summed E-state index contributed by atoms with van der Waals surface area (Å²) in [6.45, 7) is 3.17. The van der Waals surface area contributed by atoms with E-state index in [1.807, 2.05) is 0 Å². The lowest BCUT2D eigenvalue weighted by Gasteiger charge is -2.32. The molecule has 6 heteroatoms. The second-order valence-corrected chi connectivity index (χ2v) is 5.57. The quantitative estimate of drug-likeness (QED) is 0.641. The fourth-order valence-corrected chi connectivity index (χ4v) is 2.77. The molecule has 6 nitrogen and oxygen atoms in total. The number of hydrogen-bond donors (Lipinski definition) is 1. The van der Waals surface area contributed by atoms with Gasteiger partial charge >= 0.3 is 0 Å². The Labute approximate surface area is 124 Å². The van der Waals surface area contributed by atoms with E-state index in [-0.39, 0.29) is 5.69 Å². The first-order chi connectivity index (χ1) is 10.1. The molecule has 1 heterocycles. The molecule has 1 saturated heterocycles. The molecule has 0 bridgehead atoms. The fraction of sp³-hybridized carbons (Fsp3) is 0.600. The van der Waals surface area contributed by atoms with E-state index in [0.717, 1.165) is 32.5 Å². The lowest BCUT2D eigenvalue weighted by molar-refractivity contribution is -0.385. The van der Waals surface area contributed by atoms with Gasteiger partial charge in [-0.3, -0.25) is 10.1 Å². The molecular formula is C15H22N2O4. The Morgan fingerprint density at radius 2 is 2.19 bits per heavy atom. The van der Waals surface area contributed by atoms with Crippen LogP contribution in [0.3, 0.4) is 0 Å². The van der Waals surface area contributed by atoms with Crippen LogP contribution in [0, 0.1) is 16.0 Å². The molecule has 1 atom stereocenters. The number of β-amino-alcohol motifs (C(OH)–C–C–N with tert-alkyl or cyclic N) is 1. The van der Waals surface area contributed by atoms with E-state index in [9.17, 15) is 15.2 Å². The smallest absolute Gasteiger partial charge is 0.269 e. The Balaban J connectivity index is 1.89. The van der Waals surface area contributed by atoms with Gasteiger partial charge in [0.15, 0.2) is 0 Å². The van der Waals surface area contributed by atoms with Gasteiger partial charge in [0.1, 0.15) is 0 Å². The van der Waals surface area contributed by atoms with Crippen LogP contribution in [0.1, 0.15) is 24.5 Å². The molecule has 1 aromatic carbocycles. The number of aliphatic hydroxyl groups is 1. The standard InChI is InChI=1S/C15H22N2O4/c1-21-11-12-5-7-16(8-6-12)10-15(18)13-3-2-4-14(9-13)17(19)20/h2-4,9,12,15,18H,5-8,10-11H2,1H3. The second-order valence-electron chi connectivity index (χ2n) is 5.57. The normalized spacial score (nSPS) is 18.6. The van der Waals surface area contributed by atoms with Crippen molar-refractivity contribution in [3.05, 3.63) is 39.9 Å². The van der Waals surface area contributed by atoms with Crippen LogP contribution in [0.25, 0.3) is 0 Å². The van der Waals surface area contributed by atoms with Gasteiger partial charge in [-0.05, 0) is 37.4 Å². The van der Waals surface area contributed by atoms with E-state index >= 15 is 0 Å². The van der Waals surface area contributed by atoms with E-state index in [0.29, 0.717) is 18.0 Å². The molecular weight excluding hydrogens is 272 g/mol. The van der Waals surface area contributed by atoms with Gasteiger partial charge in [0.2, 0.25) is 0 Å². The minimum absolute atomic E-state index is 0.0188. The molecule has 1 aliphatic heterocycles. The number of methoxy groups -OCH3 is 1. The summed E-state index contributed by atoms with van der Waals surface area (Å²) >= 11 is 0. The van der Waals surface area contributed by atoms with E-state index in [1.165, 1.54) is 12.1 Å². The average Bonchev–Trinajstić information content (AvgIpc) is 2.49. The Morgan fingerprint density at radius 1 is 1.48 bits per heavy atom. The molecule has 0 aliphatic carbocycles. The molecule has 0 saturated carbocycles. The molecule has 1 aromatic rings. The zero-order valence-corrected chi connectivity index (χ0v) is 12.3. The molecule has 1 N–H and O–H groups in total. The third kappa shape index (κ3) is 4.49. The summed E-state index contributed by atoms with van der Waals surface area (Å²) in [6, 6.07) is 6.23. The summed E-state index contributed by atoms with van der Waals surface area (Å²) in [5, 5.41) is 21.0. The number of non-ortho nitro benzene ring substituents is 1. The fourth-order valence-electron chi connectivity index (χ4n) is 2.77. The number of rotatable bonds is 6. The van der Waals surface area contributed by atoms with E-state index < -0.39 is 11.0 Å². The molecule has 0 amide bonds.